The molecule has 0 aliphatic rings. The van der Waals surface area contributed by atoms with Gasteiger partial charge in [0.15, 0.2) is 0 Å². The van der Waals surface area contributed by atoms with Crippen LogP contribution in [0.4, 0.5) is 15.8 Å². The van der Waals surface area contributed by atoms with Crippen molar-refractivity contribution in [3.8, 4) is 0 Å². The van der Waals surface area contributed by atoms with Crippen LogP contribution in [-0.2, 0) is 21.9 Å². The highest BCUT2D eigenvalue weighted by Gasteiger charge is 2.32. The fraction of sp³-hybridized carbons (Fsp3) is 0.304. The van der Waals surface area contributed by atoms with Crippen LogP contribution in [0.3, 0.4) is 0 Å². The van der Waals surface area contributed by atoms with Gasteiger partial charge in [-0.05, 0) is 55.7 Å². The third kappa shape index (κ3) is 4.83. The standard InChI is InChI=1S/C23H27FN4O3S/c1-15(2)18-9-11-21(12-10-18)28(14-22(29)25-20-8-6-7-19(24)13-20)32(30,31)23-16(3)26-27(5)17(23)4/h6-13,15H,14H2,1-5H3,(H,25,29). The second-order valence-electron chi connectivity index (χ2n) is 7.94. The van der Waals surface area contributed by atoms with Crippen LogP contribution in [0.5, 0.6) is 0 Å². The van der Waals surface area contributed by atoms with Crippen LogP contribution in [0.25, 0.3) is 0 Å². The molecular weight excluding hydrogens is 431 g/mol. The molecule has 0 fully saturated rings. The predicted molar refractivity (Wildman–Crippen MR) is 123 cm³/mol. The van der Waals surface area contributed by atoms with Gasteiger partial charge in [-0.25, -0.2) is 12.8 Å². The SMILES string of the molecule is Cc1nn(C)c(C)c1S(=O)(=O)N(CC(=O)Nc1cccc(F)c1)c1ccc(C(C)C)cc1. The molecular formula is C23H27FN4O3S. The number of amides is 1. The Bertz CT molecular complexity index is 1230. The van der Waals surface area contributed by atoms with Gasteiger partial charge in [-0.1, -0.05) is 32.0 Å². The zero-order chi connectivity index (χ0) is 23.6. The van der Waals surface area contributed by atoms with Crippen molar-refractivity contribution in [1.82, 2.24) is 9.78 Å². The van der Waals surface area contributed by atoms with E-state index in [1.54, 1.807) is 33.0 Å². The first-order chi connectivity index (χ1) is 15.0. The summed E-state index contributed by atoms with van der Waals surface area (Å²) in [4.78, 5) is 12.8. The van der Waals surface area contributed by atoms with Crippen molar-refractivity contribution < 1.29 is 17.6 Å². The van der Waals surface area contributed by atoms with E-state index in [2.05, 4.69) is 10.4 Å². The molecule has 2 aromatic carbocycles. The van der Waals surface area contributed by atoms with E-state index in [9.17, 15) is 17.6 Å². The summed E-state index contributed by atoms with van der Waals surface area (Å²) in [6, 6.07) is 12.5. The first-order valence-corrected chi connectivity index (χ1v) is 11.6. The largest absolute Gasteiger partial charge is 0.324 e. The van der Waals surface area contributed by atoms with Crippen molar-refractivity contribution >= 4 is 27.3 Å². The molecule has 0 bridgehead atoms. The minimum atomic E-state index is -4.11. The summed E-state index contributed by atoms with van der Waals surface area (Å²) < 4.78 is 43.4. The number of carbonyl (C=O) groups is 1. The van der Waals surface area contributed by atoms with E-state index < -0.39 is 28.3 Å². The third-order valence-electron chi connectivity index (χ3n) is 5.23. The van der Waals surface area contributed by atoms with Gasteiger partial charge in [-0.15, -0.1) is 0 Å². The van der Waals surface area contributed by atoms with Gasteiger partial charge in [0, 0.05) is 12.7 Å². The Morgan fingerprint density at radius 2 is 1.81 bits per heavy atom. The molecule has 1 N–H and O–H groups in total. The molecule has 0 aliphatic heterocycles. The Morgan fingerprint density at radius 3 is 2.34 bits per heavy atom. The maximum atomic E-state index is 13.7. The number of anilines is 2. The molecule has 3 rings (SSSR count). The number of nitrogens with one attached hydrogen (secondary N) is 1. The van der Waals surface area contributed by atoms with Crippen molar-refractivity contribution in [2.24, 2.45) is 7.05 Å². The summed E-state index contributed by atoms with van der Waals surface area (Å²) in [6.07, 6.45) is 0. The smallest absolute Gasteiger partial charge is 0.268 e. The molecule has 0 spiro atoms. The fourth-order valence-electron chi connectivity index (χ4n) is 3.48. The van der Waals surface area contributed by atoms with E-state index in [0.717, 1.165) is 9.87 Å². The molecule has 7 nitrogen and oxygen atoms in total. The van der Waals surface area contributed by atoms with Crippen LogP contribution in [0.15, 0.2) is 53.4 Å². The van der Waals surface area contributed by atoms with Crippen LogP contribution in [-0.4, -0.2) is 30.7 Å². The minimum absolute atomic E-state index is 0.0616. The van der Waals surface area contributed by atoms with E-state index in [1.807, 2.05) is 26.0 Å². The van der Waals surface area contributed by atoms with Crippen molar-refractivity contribution in [3.05, 3.63) is 71.3 Å². The molecule has 0 saturated carbocycles. The number of aromatic nitrogens is 2. The highest BCUT2D eigenvalue weighted by Crippen LogP contribution is 2.29. The molecule has 0 aliphatic carbocycles. The number of hydrogen-bond donors (Lipinski definition) is 1. The van der Waals surface area contributed by atoms with E-state index in [4.69, 9.17) is 0 Å². The lowest BCUT2D eigenvalue weighted by atomic mass is 10.0. The quantitative estimate of drug-likeness (QED) is 0.577. The summed E-state index contributed by atoms with van der Waals surface area (Å²) in [6.45, 7) is 6.89. The Kier molecular flexibility index (Phi) is 6.68. The summed E-state index contributed by atoms with van der Waals surface area (Å²) in [5, 5.41) is 6.78. The zero-order valence-electron chi connectivity index (χ0n) is 18.8. The Balaban J connectivity index is 2.02. The number of carbonyl (C=O) groups excluding carboxylic acids is 1. The highest BCUT2D eigenvalue weighted by molar-refractivity contribution is 7.93. The first kappa shape index (κ1) is 23.5. The lowest BCUT2D eigenvalue weighted by Gasteiger charge is -2.24. The second kappa shape index (κ2) is 9.12. The second-order valence-corrected chi connectivity index (χ2v) is 9.74. The fourth-order valence-corrected chi connectivity index (χ4v) is 5.30. The van der Waals surface area contributed by atoms with Crippen molar-refractivity contribution in [3.63, 3.8) is 0 Å². The molecule has 0 atom stereocenters. The average Bonchev–Trinajstić information content (AvgIpc) is 2.98. The molecule has 0 radical (unpaired) electrons. The van der Waals surface area contributed by atoms with E-state index in [-0.39, 0.29) is 16.5 Å². The summed E-state index contributed by atoms with van der Waals surface area (Å²) >= 11 is 0. The van der Waals surface area contributed by atoms with E-state index in [1.165, 1.54) is 28.9 Å². The Labute approximate surface area is 187 Å². The summed E-state index contributed by atoms with van der Waals surface area (Å²) in [5.41, 5.74) is 2.46. The lowest BCUT2D eigenvalue weighted by Crippen LogP contribution is -2.38. The van der Waals surface area contributed by atoms with E-state index in [0.29, 0.717) is 17.1 Å². The van der Waals surface area contributed by atoms with Crippen molar-refractivity contribution in [1.29, 1.82) is 0 Å². The number of sulfonamides is 1. The summed E-state index contributed by atoms with van der Waals surface area (Å²) in [5.74, 6) is -0.822. The van der Waals surface area contributed by atoms with Crippen molar-refractivity contribution in [2.45, 2.75) is 38.5 Å². The Morgan fingerprint density at radius 1 is 1.16 bits per heavy atom. The molecule has 0 saturated heterocycles. The van der Waals surface area contributed by atoms with Crippen LogP contribution < -0.4 is 9.62 Å². The molecule has 170 valence electrons. The molecule has 1 heterocycles. The molecule has 32 heavy (non-hydrogen) atoms. The first-order valence-electron chi connectivity index (χ1n) is 10.2. The monoisotopic (exact) mass is 458 g/mol. The van der Waals surface area contributed by atoms with Gasteiger partial charge in [0.1, 0.15) is 17.3 Å². The number of hydrogen-bond acceptors (Lipinski definition) is 4. The number of halogens is 1. The maximum Gasteiger partial charge on any atom is 0.268 e. The van der Waals surface area contributed by atoms with Gasteiger partial charge in [0.2, 0.25) is 5.91 Å². The van der Waals surface area contributed by atoms with Crippen LogP contribution in [0.1, 0.15) is 36.7 Å². The summed E-state index contributed by atoms with van der Waals surface area (Å²) in [7, 11) is -2.44. The van der Waals surface area contributed by atoms with Gasteiger partial charge in [-0.2, -0.15) is 5.10 Å². The average molecular weight is 459 g/mol. The minimum Gasteiger partial charge on any atom is -0.324 e. The third-order valence-corrected chi connectivity index (χ3v) is 7.26. The number of nitrogens with zero attached hydrogens (tertiary/aromatic N) is 3. The molecule has 1 amide bonds. The van der Waals surface area contributed by atoms with Crippen LogP contribution in [0.2, 0.25) is 0 Å². The molecule has 0 unspecified atom stereocenters. The van der Waals surface area contributed by atoms with Gasteiger partial charge in [0.05, 0.1) is 17.1 Å². The molecule has 1 aromatic heterocycles. The Hall–Kier alpha value is -3.20. The maximum absolute atomic E-state index is 13.7. The van der Waals surface area contributed by atoms with Crippen LogP contribution >= 0.6 is 0 Å². The van der Waals surface area contributed by atoms with Gasteiger partial charge in [0.25, 0.3) is 10.0 Å². The van der Waals surface area contributed by atoms with Gasteiger partial charge in [-0.3, -0.25) is 13.8 Å². The van der Waals surface area contributed by atoms with Gasteiger partial charge < -0.3 is 5.32 Å². The number of aryl methyl sites for hydroxylation is 2. The number of benzene rings is 2. The highest BCUT2D eigenvalue weighted by atomic mass is 32.2. The van der Waals surface area contributed by atoms with E-state index >= 15 is 0 Å². The normalized spacial score (nSPS) is 11.6. The van der Waals surface area contributed by atoms with Crippen molar-refractivity contribution in [2.75, 3.05) is 16.2 Å². The van der Waals surface area contributed by atoms with Gasteiger partial charge >= 0.3 is 0 Å². The topological polar surface area (TPSA) is 84.3 Å². The number of rotatable bonds is 7. The van der Waals surface area contributed by atoms with Crippen LogP contribution in [0, 0.1) is 19.7 Å². The lowest BCUT2D eigenvalue weighted by molar-refractivity contribution is -0.114. The molecule has 3 aromatic rings. The zero-order valence-corrected chi connectivity index (χ0v) is 19.6. The molecule has 9 heteroatoms. The predicted octanol–water partition coefficient (Wildman–Crippen LogP) is 4.13.